The number of hydrazine groups is 1. The molecule has 1 fully saturated rings. The zero-order valence-electron chi connectivity index (χ0n) is 17.0. The Labute approximate surface area is 188 Å². The molecule has 8 heteroatoms. The third kappa shape index (κ3) is 4.43. The van der Waals surface area contributed by atoms with Crippen molar-refractivity contribution in [3.8, 4) is 11.5 Å². The molecule has 162 valence electrons. The Kier molecular flexibility index (Phi) is 6.09. The number of amides is 2. The largest absolute Gasteiger partial charge is 0.493 e. The molecular weight excluding hydrogens is 435 g/mol. The van der Waals surface area contributed by atoms with E-state index < -0.39 is 11.8 Å². The fraction of sp³-hybridized carbons (Fsp3) is 0.0833. The highest BCUT2D eigenvalue weighted by molar-refractivity contribution is 6.32. The number of benzene rings is 3. The van der Waals surface area contributed by atoms with E-state index in [9.17, 15) is 14.0 Å². The van der Waals surface area contributed by atoms with Crippen LogP contribution in [0, 0.1) is 5.82 Å². The second-order valence-corrected chi connectivity index (χ2v) is 7.36. The summed E-state index contributed by atoms with van der Waals surface area (Å²) in [6.45, 7) is 0.0439. The fourth-order valence-corrected chi connectivity index (χ4v) is 3.47. The van der Waals surface area contributed by atoms with Gasteiger partial charge in [-0.2, -0.15) is 0 Å². The molecule has 0 unspecified atom stereocenters. The first-order chi connectivity index (χ1) is 15.5. The van der Waals surface area contributed by atoms with E-state index >= 15 is 0 Å². The Hall–Kier alpha value is -3.84. The van der Waals surface area contributed by atoms with Gasteiger partial charge in [0, 0.05) is 16.7 Å². The zero-order chi connectivity index (χ0) is 22.7. The lowest BCUT2D eigenvalue weighted by Crippen LogP contribution is -2.35. The molecule has 3 aromatic carbocycles. The summed E-state index contributed by atoms with van der Waals surface area (Å²) in [5, 5.41) is 1.50. The minimum absolute atomic E-state index is 0.0439. The van der Waals surface area contributed by atoms with E-state index in [1.165, 1.54) is 30.3 Å². The summed E-state index contributed by atoms with van der Waals surface area (Å²) in [6, 6.07) is 17.8. The molecule has 0 aliphatic carbocycles. The minimum Gasteiger partial charge on any atom is -0.493 e. The molecule has 1 aliphatic rings. The van der Waals surface area contributed by atoms with Gasteiger partial charge in [-0.15, -0.1) is 0 Å². The molecule has 0 atom stereocenters. The quantitative estimate of drug-likeness (QED) is 0.441. The van der Waals surface area contributed by atoms with Gasteiger partial charge in [-0.3, -0.25) is 15.0 Å². The Bertz CT molecular complexity index is 1210. The van der Waals surface area contributed by atoms with Crippen LogP contribution in [0.1, 0.15) is 11.1 Å². The van der Waals surface area contributed by atoms with Gasteiger partial charge in [0.05, 0.1) is 12.8 Å². The molecule has 0 saturated carbocycles. The highest BCUT2D eigenvalue weighted by atomic mass is 35.5. The summed E-state index contributed by atoms with van der Waals surface area (Å²) in [6.07, 6.45) is 1.40. The van der Waals surface area contributed by atoms with Gasteiger partial charge in [0.1, 0.15) is 18.0 Å². The molecule has 4 rings (SSSR count). The van der Waals surface area contributed by atoms with Gasteiger partial charge in [-0.25, -0.2) is 9.40 Å². The van der Waals surface area contributed by atoms with Gasteiger partial charge in [-0.1, -0.05) is 41.9 Å². The summed E-state index contributed by atoms with van der Waals surface area (Å²) in [5.74, 6) is -0.880. The third-order valence-electron chi connectivity index (χ3n) is 4.75. The summed E-state index contributed by atoms with van der Waals surface area (Å²) < 4.78 is 24.8. The predicted octanol–water partition coefficient (Wildman–Crippen LogP) is 4.53. The Morgan fingerprint density at radius 2 is 1.84 bits per heavy atom. The maximum Gasteiger partial charge on any atom is 0.282 e. The fourth-order valence-electron chi connectivity index (χ4n) is 3.26. The number of nitrogens with one attached hydrogen (secondary N) is 1. The second kappa shape index (κ2) is 9.11. The van der Waals surface area contributed by atoms with Crippen LogP contribution >= 0.6 is 11.6 Å². The minimum atomic E-state index is -0.561. The maximum atomic E-state index is 13.5. The van der Waals surface area contributed by atoms with Crippen molar-refractivity contribution in [1.82, 2.24) is 5.43 Å². The molecule has 6 nitrogen and oxygen atoms in total. The zero-order valence-corrected chi connectivity index (χ0v) is 17.7. The van der Waals surface area contributed by atoms with Crippen LogP contribution < -0.4 is 19.9 Å². The molecule has 3 aromatic rings. The molecule has 2 amide bonds. The molecule has 1 heterocycles. The van der Waals surface area contributed by atoms with E-state index in [0.29, 0.717) is 27.6 Å². The second-order valence-electron chi connectivity index (χ2n) is 6.92. The number of anilines is 1. The average molecular weight is 453 g/mol. The number of hydrogen-bond acceptors (Lipinski definition) is 4. The van der Waals surface area contributed by atoms with E-state index in [1.807, 2.05) is 6.07 Å². The van der Waals surface area contributed by atoms with Crippen molar-refractivity contribution < 1.29 is 23.5 Å². The van der Waals surface area contributed by atoms with Gasteiger partial charge in [-0.05, 0) is 42.0 Å². The van der Waals surface area contributed by atoms with E-state index in [0.717, 1.165) is 0 Å². The third-order valence-corrected chi connectivity index (χ3v) is 4.96. The highest BCUT2D eigenvalue weighted by Crippen LogP contribution is 2.37. The van der Waals surface area contributed by atoms with Crippen molar-refractivity contribution in [2.75, 3.05) is 12.1 Å². The average Bonchev–Trinajstić information content (AvgIpc) is 3.07. The number of methoxy groups -OCH3 is 1. The number of rotatable bonds is 6. The summed E-state index contributed by atoms with van der Waals surface area (Å²) in [4.78, 5) is 25.5. The van der Waals surface area contributed by atoms with Crippen LogP contribution in [0.5, 0.6) is 11.5 Å². The Balaban J connectivity index is 1.69. The lowest BCUT2D eigenvalue weighted by Gasteiger charge is -2.15. The molecule has 1 N–H and O–H groups in total. The molecule has 1 aliphatic heterocycles. The van der Waals surface area contributed by atoms with E-state index in [2.05, 4.69) is 5.43 Å². The van der Waals surface area contributed by atoms with Gasteiger partial charge >= 0.3 is 0 Å². The number of hydrogen-bond donors (Lipinski definition) is 1. The van der Waals surface area contributed by atoms with E-state index in [4.69, 9.17) is 21.1 Å². The van der Waals surface area contributed by atoms with E-state index in [1.54, 1.807) is 48.5 Å². The number of para-hydroxylation sites is 1. The van der Waals surface area contributed by atoms with Crippen LogP contribution in [-0.4, -0.2) is 18.9 Å². The first-order valence-electron chi connectivity index (χ1n) is 9.63. The molecule has 32 heavy (non-hydrogen) atoms. The smallest absolute Gasteiger partial charge is 0.282 e. The van der Waals surface area contributed by atoms with E-state index in [-0.39, 0.29) is 23.7 Å². The first-order valence-corrected chi connectivity index (χ1v) is 10.0. The standard InChI is InChI=1S/C24H18ClFN2O4/c1-31-21-13-17(25)11-16(22(21)32-14-15-6-5-7-18(26)10-15)12-20-23(29)27-28(24(20)30)19-8-3-2-4-9-19/h2-13H,14H2,1H3,(H,27,29)/b20-12+. The topological polar surface area (TPSA) is 67.9 Å². The summed E-state index contributed by atoms with van der Waals surface area (Å²) >= 11 is 6.21. The van der Waals surface area contributed by atoms with Crippen molar-refractivity contribution in [3.05, 3.63) is 94.3 Å². The summed E-state index contributed by atoms with van der Waals surface area (Å²) in [5.41, 5.74) is 3.96. The monoisotopic (exact) mass is 452 g/mol. The van der Waals surface area contributed by atoms with Crippen molar-refractivity contribution >= 4 is 35.2 Å². The predicted molar refractivity (Wildman–Crippen MR) is 119 cm³/mol. The molecule has 0 spiro atoms. The lowest BCUT2D eigenvalue weighted by atomic mass is 10.1. The van der Waals surface area contributed by atoms with Crippen LogP contribution in [0.15, 0.2) is 72.3 Å². The van der Waals surface area contributed by atoms with Crippen LogP contribution in [-0.2, 0) is 16.2 Å². The Morgan fingerprint density at radius 1 is 1.06 bits per heavy atom. The summed E-state index contributed by atoms with van der Waals surface area (Å²) in [7, 11) is 1.45. The number of halogens is 2. The molecule has 0 bridgehead atoms. The normalized spacial score (nSPS) is 14.6. The number of carbonyl (C=O) groups excluding carboxylic acids is 2. The lowest BCUT2D eigenvalue weighted by molar-refractivity contribution is -0.117. The van der Waals surface area contributed by atoms with Crippen molar-refractivity contribution in [2.24, 2.45) is 0 Å². The van der Waals surface area contributed by atoms with Gasteiger partial charge in [0.2, 0.25) is 0 Å². The molecule has 0 aromatic heterocycles. The Morgan fingerprint density at radius 3 is 2.56 bits per heavy atom. The van der Waals surface area contributed by atoms with Crippen molar-refractivity contribution in [1.29, 1.82) is 0 Å². The molecule has 0 radical (unpaired) electrons. The SMILES string of the molecule is COc1cc(Cl)cc(/C=C2\C(=O)NN(c3ccccc3)C2=O)c1OCc1cccc(F)c1. The van der Waals surface area contributed by atoms with Crippen LogP contribution in [0.4, 0.5) is 10.1 Å². The molecule has 1 saturated heterocycles. The van der Waals surface area contributed by atoms with Crippen molar-refractivity contribution in [2.45, 2.75) is 6.61 Å². The van der Waals surface area contributed by atoms with Crippen LogP contribution in [0.3, 0.4) is 0 Å². The van der Waals surface area contributed by atoms with Crippen LogP contribution in [0.2, 0.25) is 5.02 Å². The van der Waals surface area contributed by atoms with Crippen LogP contribution in [0.25, 0.3) is 6.08 Å². The highest BCUT2D eigenvalue weighted by Gasteiger charge is 2.34. The van der Waals surface area contributed by atoms with Gasteiger partial charge < -0.3 is 9.47 Å². The number of ether oxygens (including phenoxy) is 2. The maximum absolute atomic E-state index is 13.5. The molecular formula is C24H18ClFN2O4. The van der Waals surface area contributed by atoms with Gasteiger partial charge in [0.25, 0.3) is 11.8 Å². The first kappa shape index (κ1) is 21.4. The number of carbonyl (C=O) groups is 2. The van der Waals surface area contributed by atoms with Crippen molar-refractivity contribution in [3.63, 3.8) is 0 Å². The van der Waals surface area contributed by atoms with Gasteiger partial charge in [0.15, 0.2) is 11.5 Å². The number of nitrogens with zero attached hydrogens (tertiary/aromatic N) is 1.